The molecule has 0 radical (unpaired) electrons. The van der Waals surface area contributed by atoms with E-state index in [1.54, 1.807) is 0 Å². The van der Waals surface area contributed by atoms with Crippen LogP contribution in [0.15, 0.2) is 28.8 Å². The van der Waals surface area contributed by atoms with Crippen molar-refractivity contribution < 1.29 is 32.4 Å². The van der Waals surface area contributed by atoms with E-state index in [1.807, 2.05) is 0 Å². The second-order valence-electron chi connectivity index (χ2n) is 5.22. The van der Waals surface area contributed by atoms with Crippen LogP contribution in [0.25, 0.3) is 11.4 Å². The van der Waals surface area contributed by atoms with Gasteiger partial charge in [-0.15, -0.1) is 0 Å². The zero-order valence-electron chi connectivity index (χ0n) is 13.5. The van der Waals surface area contributed by atoms with Gasteiger partial charge in [0.15, 0.2) is 6.10 Å². The summed E-state index contributed by atoms with van der Waals surface area (Å²) < 4.78 is 41.5. The first-order valence-corrected chi connectivity index (χ1v) is 7.40. The molecule has 0 aliphatic rings. The van der Waals surface area contributed by atoms with Gasteiger partial charge < -0.3 is 20.3 Å². The molecule has 1 heterocycles. The average Bonchev–Trinajstić information content (AvgIpc) is 3.08. The SMILES string of the molecule is CC(=O)NCCNC(=O)C(O)c1ccc(-c2noc(C(F)(F)F)n2)cc1. The molecule has 1 atom stereocenters. The van der Waals surface area contributed by atoms with Crippen LogP contribution in [0.2, 0.25) is 0 Å². The maximum absolute atomic E-state index is 12.5. The van der Waals surface area contributed by atoms with Gasteiger partial charge in [0, 0.05) is 25.6 Å². The summed E-state index contributed by atoms with van der Waals surface area (Å²) in [7, 11) is 0. The Kier molecular flexibility index (Phi) is 5.93. The van der Waals surface area contributed by atoms with Crippen LogP contribution in [-0.4, -0.2) is 40.2 Å². The van der Waals surface area contributed by atoms with E-state index in [0.717, 1.165) is 0 Å². The maximum atomic E-state index is 12.5. The summed E-state index contributed by atoms with van der Waals surface area (Å²) in [5.41, 5.74) is 0.455. The second kappa shape index (κ2) is 7.95. The molecule has 2 aromatic rings. The first kappa shape index (κ1) is 19.4. The van der Waals surface area contributed by atoms with Gasteiger partial charge in [-0.3, -0.25) is 9.59 Å². The van der Waals surface area contributed by atoms with E-state index in [9.17, 15) is 27.9 Å². The highest BCUT2D eigenvalue weighted by atomic mass is 19.4. The van der Waals surface area contributed by atoms with Gasteiger partial charge in [0.1, 0.15) is 0 Å². The molecule has 0 aliphatic heterocycles. The van der Waals surface area contributed by atoms with Gasteiger partial charge in [0.25, 0.3) is 5.91 Å². The number of carbonyl (C=O) groups excluding carboxylic acids is 2. The molecule has 0 fully saturated rings. The molecule has 0 saturated heterocycles. The summed E-state index contributed by atoms with van der Waals surface area (Å²) in [6.45, 7) is 1.68. The molecule has 0 bridgehead atoms. The lowest BCUT2D eigenvalue weighted by Gasteiger charge is -2.12. The van der Waals surface area contributed by atoms with Gasteiger partial charge in [-0.25, -0.2) is 0 Å². The van der Waals surface area contributed by atoms with Crippen LogP contribution in [-0.2, 0) is 15.8 Å². The predicted octanol–water partition coefficient (Wildman–Crippen LogP) is 1.04. The number of benzene rings is 1. The van der Waals surface area contributed by atoms with Crippen molar-refractivity contribution in [1.82, 2.24) is 20.8 Å². The monoisotopic (exact) mass is 372 g/mol. The van der Waals surface area contributed by atoms with Gasteiger partial charge in [0.05, 0.1) is 0 Å². The zero-order chi connectivity index (χ0) is 19.3. The van der Waals surface area contributed by atoms with E-state index in [4.69, 9.17) is 0 Å². The molecule has 3 N–H and O–H groups in total. The number of hydrogen-bond donors (Lipinski definition) is 3. The lowest BCUT2D eigenvalue weighted by Crippen LogP contribution is -2.36. The van der Waals surface area contributed by atoms with E-state index in [1.165, 1.54) is 31.2 Å². The lowest BCUT2D eigenvalue weighted by molar-refractivity contribution is -0.159. The number of aliphatic hydroxyl groups is 1. The van der Waals surface area contributed by atoms with Crippen molar-refractivity contribution in [1.29, 1.82) is 0 Å². The first-order chi connectivity index (χ1) is 12.2. The van der Waals surface area contributed by atoms with E-state index >= 15 is 0 Å². The van der Waals surface area contributed by atoms with Crippen LogP contribution >= 0.6 is 0 Å². The molecule has 0 aliphatic carbocycles. The Labute approximate surface area is 145 Å². The molecule has 1 unspecified atom stereocenters. The quantitative estimate of drug-likeness (QED) is 0.653. The topological polar surface area (TPSA) is 117 Å². The van der Waals surface area contributed by atoms with E-state index in [0.29, 0.717) is 0 Å². The third-order valence-corrected chi connectivity index (χ3v) is 3.20. The molecule has 1 aromatic carbocycles. The molecular formula is C15H15F3N4O4. The minimum Gasteiger partial charge on any atom is -0.378 e. The Hall–Kier alpha value is -2.95. The minimum atomic E-state index is -4.74. The summed E-state index contributed by atoms with van der Waals surface area (Å²) >= 11 is 0. The number of aliphatic hydroxyl groups excluding tert-OH is 1. The standard InChI is InChI=1S/C15H15F3N4O4/c1-8(23)19-6-7-20-13(25)11(24)9-2-4-10(5-3-9)12-21-14(26-22-12)15(16,17)18/h2-5,11,24H,6-7H2,1H3,(H,19,23)(H,20,25). The number of nitrogens with zero attached hydrogens (tertiary/aromatic N) is 2. The number of nitrogens with one attached hydrogen (secondary N) is 2. The fourth-order valence-electron chi connectivity index (χ4n) is 1.94. The Morgan fingerprint density at radius 2 is 1.81 bits per heavy atom. The highest BCUT2D eigenvalue weighted by Gasteiger charge is 2.38. The Balaban J connectivity index is 1.98. The number of halogens is 3. The lowest BCUT2D eigenvalue weighted by atomic mass is 10.1. The van der Waals surface area contributed by atoms with Crippen LogP contribution < -0.4 is 10.6 Å². The number of alkyl halides is 3. The van der Waals surface area contributed by atoms with Crippen molar-refractivity contribution in [3.8, 4) is 11.4 Å². The van der Waals surface area contributed by atoms with Crippen LogP contribution in [0.4, 0.5) is 13.2 Å². The minimum absolute atomic E-state index is 0.136. The number of rotatable bonds is 6. The fourth-order valence-corrected chi connectivity index (χ4v) is 1.94. The van der Waals surface area contributed by atoms with Crippen molar-refractivity contribution in [2.24, 2.45) is 0 Å². The van der Waals surface area contributed by atoms with Crippen LogP contribution in [0.1, 0.15) is 24.5 Å². The fraction of sp³-hybridized carbons (Fsp3) is 0.333. The predicted molar refractivity (Wildman–Crippen MR) is 81.4 cm³/mol. The molecule has 2 rings (SSSR count). The normalized spacial score (nSPS) is 12.5. The number of amides is 2. The average molecular weight is 372 g/mol. The Morgan fingerprint density at radius 1 is 1.19 bits per heavy atom. The van der Waals surface area contributed by atoms with Gasteiger partial charge in [0.2, 0.25) is 11.7 Å². The van der Waals surface area contributed by atoms with Crippen LogP contribution in [0.3, 0.4) is 0 Å². The first-order valence-electron chi connectivity index (χ1n) is 7.40. The molecule has 11 heteroatoms. The molecule has 26 heavy (non-hydrogen) atoms. The van der Waals surface area contributed by atoms with Crippen LogP contribution in [0.5, 0.6) is 0 Å². The smallest absolute Gasteiger partial charge is 0.378 e. The highest BCUT2D eigenvalue weighted by molar-refractivity contribution is 5.82. The van der Waals surface area contributed by atoms with Crippen molar-refractivity contribution in [2.45, 2.75) is 19.2 Å². The van der Waals surface area contributed by atoms with Crippen molar-refractivity contribution in [2.75, 3.05) is 13.1 Å². The van der Waals surface area contributed by atoms with Crippen LogP contribution in [0, 0.1) is 0 Å². The molecule has 2 amide bonds. The van der Waals surface area contributed by atoms with Crippen molar-refractivity contribution in [3.63, 3.8) is 0 Å². The van der Waals surface area contributed by atoms with Gasteiger partial charge in [-0.1, -0.05) is 29.4 Å². The Morgan fingerprint density at radius 3 is 2.35 bits per heavy atom. The molecular weight excluding hydrogens is 357 g/mol. The van der Waals surface area contributed by atoms with Gasteiger partial charge in [-0.05, 0) is 5.56 Å². The third-order valence-electron chi connectivity index (χ3n) is 3.20. The summed E-state index contributed by atoms with van der Waals surface area (Å²) in [5.74, 6) is -2.65. The van der Waals surface area contributed by atoms with E-state index < -0.39 is 24.1 Å². The zero-order valence-corrected chi connectivity index (χ0v) is 13.5. The molecule has 140 valence electrons. The van der Waals surface area contributed by atoms with E-state index in [2.05, 4.69) is 25.3 Å². The molecule has 8 nitrogen and oxygen atoms in total. The summed E-state index contributed by atoms with van der Waals surface area (Å²) in [4.78, 5) is 25.8. The number of hydrogen-bond acceptors (Lipinski definition) is 6. The molecule has 1 aromatic heterocycles. The van der Waals surface area contributed by atoms with Crippen molar-refractivity contribution >= 4 is 11.8 Å². The molecule has 0 saturated carbocycles. The Bertz CT molecular complexity index is 774. The number of carbonyl (C=O) groups is 2. The van der Waals surface area contributed by atoms with E-state index in [-0.39, 0.29) is 35.9 Å². The maximum Gasteiger partial charge on any atom is 0.471 e. The highest BCUT2D eigenvalue weighted by Crippen LogP contribution is 2.29. The second-order valence-corrected chi connectivity index (χ2v) is 5.22. The van der Waals surface area contributed by atoms with Crippen molar-refractivity contribution in [3.05, 3.63) is 35.7 Å². The summed E-state index contributed by atoms with van der Waals surface area (Å²) in [6, 6.07) is 5.43. The summed E-state index contributed by atoms with van der Waals surface area (Å²) in [6.07, 6.45) is -6.21. The molecule has 0 spiro atoms. The van der Waals surface area contributed by atoms with Gasteiger partial charge >= 0.3 is 12.1 Å². The third kappa shape index (κ3) is 5.02. The van der Waals surface area contributed by atoms with Gasteiger partial charge in [-0.2, -0.15) is 18.2 Å². The largest absolute Gasteiger partial charge is 0.471 e. The summed E-state index contributed by atoms with van der Waals surface area (Å²) in [5, 5.41) is 18.1. The number of aromatic nitrogens is 2.